The lowest BCUT2D eigenvalue weighted by Gasteiger charge is -2.25. The maximum atomic E-state index is 13.8. The van der Waals surface area contributed by atoms with E-state index in [0.29, 0.717) is 17.1 Å². The van der Waals surface area contributed by atoms with Gasteiger partial charge in [-0.3, -0.25) is 4.68 Å². The molecular weight excluding hydrogens is 361 g/mol. The lowest BCUT2D eigenvalue weighted by atomic mass is 10.1. The molecule has 0 aliphatic rings. The van der Waals surface area contributed by atoms with Crippen molar-refractivity contribution in [3.8, 4) is 11.5 Å². The van der Waals surface area contributed by atoms with Crippen LogP contribution in [0.2, 0.25) is 0 Å². The van der Waals surface area contributed by atoms with Gasteiger partial charge >= 0.3 is 6.09 Å². The molecule has 0 spiro atoms. The molecule has 0 unspecified atom stereocenters. The van der Waals surface area contributed by atoms with Crippen LogP contribution in [-0.2, 0) is 18.3 Å². The van der Waals surface area contributed by atoms with Gasteiger partial charge in [0.1, 0.15) is 22.9 Å². The van der Waals surface area contributed by atoms with Gasteiger partial charge in [-0.15, -0.1) is 0 Å². The Morgan fingerprint density at radius 3 is 2.68 bits per heavy atom. The van der Waals surface area contributed by atoms with Gasteiger partial charge in [0.05, 0.1) is 18.3 Å². The fourth-order valence-electron chi connectivity index (χ4n) is 2.76. The Morgan fingerprint density at radius 2 is 1.96 bits per heavy atom. The number of fused-ring (bicyclic) bond motifs is 1. The fourth-order valence-corrected chi connectivity index (χ4v) is 2.76. The normalized spacial score (nSPS) is 11.5. The molecule has 2 aromatic carbocycles. The highest BCUT2D eigenvalue weighted by molar-refractivity contribution is 5.80. The van der Waals surface area contributed by atoms with Crippen LogP contribution in [0.1, 0.15) is 26.3 Å². The minimum absolute atomic E-state index is 0.150. The molecule has 7 heteroatoms. The van der Waals surface area contributed by atoms with E-state index in [9.17, 15) is 9.18 Å². The summed E-state index contributed by atoms with van der Waals surface area (Å²) >= 11 is 0. The first-order chi connectivity index (χ1) is 13.1. The Morgan fingerprint density at radius 1 is 1.21 bits per heavy atom. The van der Waals surface area contributed by atoms with E-state index in [4.69, 9.17) is 9.47 Å². The second-order valence-electron chi connectivity index (χ2n) is 7.68. The molecule has 28 heavy (non-hydrogen) atoms. The van der Waals surface area contributed by atoms with Gasteiger partial charge in [0.2, 0.25) is 0 Å². The first kappa shape index (κ1) is 19.7. The van der Waals surface area contributed by atoms with Crippen molar-refractivity contribution >= 4 is 17.0 Å². The summed E-state index contributed by atoms with van der Waals surface area (Å²) in [4.78, 5) is 13.6. The summed E-state index contributed by atoms with van der Waals surface area (Å²) in [5.41, 5.74) is 0.919. The minimum Gasteiger partial charge on any atom is -0.457 e. The van der Waals surface area contributed by atoms with Gasteiger partial charge in [-0.05, 0) is 57.2 Å². The Bertz CT molecular complexity index is 1010. The molecule has 3 rings (SSSR count). The maximum absolute atomic E-state index is 13.8. The van der Waals surface area contributed by atoms with E-state index in [-0.39, 0.29) is 6.54 Å². The molecule has 0 aliphatic heterocycles. The smallest absolute Gasteiger partial charge is 0.410 e. The van der Waals surface area contributed by atoms with Gasteiger partial charge in [0, 0.05) is 25.0 Å². The van der Waals surface area contributed by atoms with Crippen LogP contribution in [0.5, 0.6) is 11.5 Å². The molecular formula is C21H24FN3O3. The third kappa shape index (κ3) is 4.60. The zero-order chi connectivity index (χ0) is 20.5. The third-order valence-electron chi connectivity index (χ3n) is 4.08. The van der Waals surface area contributed by atoms with Gasteiger partial charge < -0.3 is 14.4 Å². The Balaban J connectivity index is 1.82. The summed E-state index contributed by atoms with van der Waals surface area (Å²) in [5.74, 6) is 0.677. The molecule has 1 heterocycles. The first-order valence-electron chi connectivity index (χ1n) is 8.94. The van der Waals surface area contributed by atoms with Crippen molar-refractivity contribution in [1.82, 2.24) is 14.7 Å². The summed E-state index contributed by atoms with van der Waals surface area (Å²) < 4.78 is 26.9. The number of aromatic nitrogens is 2. The quantitative estimate of drug-likeness (QED) is 0.643. The molecule has 148 valence electrons. The largest absolute Gasteiger partial charge is 0.457 e. The van der Waals surface area contributed by atoms with Crippen LogP contribution in [0, 0.1) is 5.82 Å². The van der Waals surface area contributed by atoms with Gasteiger partial charge in [0.15, 0.2) is 0 Å². The summed E-state index contributed by atoms with van der Waals surface area (Å²) in [7, 11) is 3.47. The van der Waals surface area contributed by atoms with Crippen molar-refractivity contribution < 1.29 is 18.7 Å². The average Bonchev–Trinajstić information content (AvgIpc) is 2.96. The number of benzene rings is 2. The van der Waals surface area contributed by atoms with E-state index >= 15 is 0 Å². The van der Waals surface area contributed by atoms with Crippen LogP contribution < -0.4 is 4.74 Å². The average molecular weight is 385 g/mol. The Kier molecular flexibility index (Phi) is 5.27. The van der Waals surface area contributed by atoms with Gasteiger partial charge in [-0.25, -0.2) is 9.18 Å². The monoisotopic (exact) mass is 385 g/mol. The molecule has 0 bridgehead atoms. The second kappa shape index (κ2) is 7.50. The predicted octanol–water partition coefficient (Wildman–Crippen LogP) is 4.87. The first-order valence-corrected chi connectivity index (χ1v) is 8.94. The van der Waals surface area contributed by atoms with Crippen molar-refractivity contribution in [2.75, 3.05) is 7.05 Å². The molecule has 0 N–H and O–H groups in total. The van der Waals surface area contributed by atoms with Crippen molar-refractivity contribution in [1.29, 1.82) is 0 Å². The third-order valence-corrected chi connectivity index (χ3v) is 4.08. The number of nitrogens with zero attached hydrogens (tertiary/aromatic N) is 3. The highest BCUT2D eigenvalue weighted by Gasteiger charge is 2.21. The number of rotatable bonds is 4. The fraction of sp³-hybridized carbons (Fsp3) is 0.333. The van der Waals surface area contributed by atoms with Crippen molar-refractivity contribution in [3.05, 3.63) is 54.0 Å². The zero-order valence-corrected chi connectivity index (χ0v) is 16.7. The van der Waals surface area contributed by atoms with E-state index < -0.39 is 17.5 Å². The maximum Gasteiger partial charge on any atom is 0.410 e. The molecule has 1 aromatic heterocycles. The van der Waals surface area contributed by atoms with E-state index in [1.807, 2.05) is 25.2 Å². The second-order valence-corrected chi connectivity index (χ2v) is 7.68. The number of halogens is 1. The minimum atomic E-state index is -0.605. The molecule has 0 aliphatic carbocycles. The molecule has 0 saturated heterocycles. The van der Waals surface area contributed by atoms with Crippen molar-refractivity contribution in [2.24, 2.45) is 7.05 Å². The number of hydrogen-bond donors (Lipinski definition) is 0. The topological polar surface area (TPSA) is 56.6 Å². The zero-order valence-electron chi connectivity index (χ0n) is 16.7. The highest BCUT2D eigenvalue weighted by atomic mass is 19.1. The molecule has 6 nitrogen and oxygen atoms in total. The molecule has 3 aromatic rings. The molecule has 0 atom stereocenters. The number of ether oxygens (including phenoxy) is 2. The van der Waals surface area contributed by atoms with Crippen molar-refractivity contribution in [3.63, 3.8) is 0 Å². The number of amides is 1. The lowest BCUT2D eigenvalue weighted by Crippen LogP contribution is -2.33. The van der Waals surface area contributed by atoms with Crippen molar-refractivity contribution in [2.45, 2.75) is 32.9 Å². The van der Waals surface area contributed by atoms with Crippen LogP contribution in [0.4, 0.5) is 9.18 Å². The van der Waals surface area contributed by atoms with E-state index in [1.165, 1.54) is 17.0 Å². The number of carbonyl (C=O) groups is 1. The van der Waals surface area contributed by atoms with Gasteiger partial charge in [0.25, 0.3) is 0 Å². The Hall–Kier alpha value is -3.09. The summed E-state index contributed by atoms with van der Waals surface area (Å²) in [6.45, 7) is 5.54. The predicted molar refractivity (Wildman–Crippen MR) is 105 cm³/mol. The van der Waals surface area contributed by atoms with E-state index in [2.05, 4.69) is 5.10 Å². The van der Waals surface area contributed by atoms with Crippen LogP contribution in [-0.4, -0.2) is 33.4 Å². The highest BCUT2D eigenvalue weighted by Crippen LogP contribution is 2.29. The van der Waals surface area contributed by atoms with Crippen LogP contribution in [0.15, 0.2) is 42.6 Å². The summed E-state index contributed by atoms with van der Waals surface area (Å²) in [5, 5.41) is 5.15. The van der Waals surface area contributed by atoms with Gasteiger partial charge in [-0.2, -0.15) is 5.10 Å². The molecule has 0 fully saturated rings. The van der Waals surface area contributed by atoms with Crippen LogP contribution in [0.25, 0.3) is 10.9 Å². The molecule has 0 saturated carbocycles. The van der Waals surface area contributed by atoms with Gasteiger partial charge in [-0.1, -0.05) is 0 Å². The molecule has 0 radical (unpaired) electrons. The van der Waals surface area contributed by atoms with E-state index in [0.717, 1.165) is 10.9 Å². The van der Waals surface area contributed by atoms with Crippen LogP contribution in [0.3, 0.4) is 0 Å². The Labute approximate surface area is 163 Å². The number of carbonyl (C=O) groups excluding carboxylic acids is 1. The SMILES string of the molecule is CN(Cc1cc(F)ccc1Oc1ccc2c(cnn2C)c1)C(=O)OC(C)(C)C. The summed E-state index contributed by atoms with van der Waals surface area (Å²) in [6.07, 6.45) is 1.27. The van der Waals surface area contributed by atoms with Crippen LogP contribution >= 0.6 is 0 Å². The summed E-state index contributed by atoms with van der Waals surface area (Å²) in [6, 6.07) is 9.85. The van der Waals surface area contributed by atoms with E-state index in [1.54, 1.807) is 44.8 Å². The lowest BCUT2D eigenvalue weighted by molar-refractivity contribution is 0.0284. The standard InChI is InChI=1S/C21H24FN3O3/c1-21(2,3)28-20(26)24(4)13-15-10-16(22)6-9-19(15)27-17-7-8-18-14(11-17)12-23-25(18)5/h6-12H,13H2,1-5H3. The molecule has 1 amide bonds. The number of hydrogen-bond acceptors (Lipinski definition) is 4. The number of aryl methyl sites for hydroxylation is 1.